The van der Waals surface area contributed by atoms with Gasteiger partial charge in [0.2, 0.25) is 5.91 Å². The number of morpholine rings is 1. The lowest BCUT2D eigenvalue weighted by atomic mass is 10.1. The number of benzene rings is 1. The van der Waals surface area contributed by atoms with Crippen molar-refractivity contribution < 1.29 is 14.1 Å². The van der Waals surface area contributed by atoms with E-state index in [1.807, 2.05) is 67.5 Å². The highest BCUT2D eigenvalue weighted by Crippen LogP contribution is 2.05. The van der Waals surface area contributed by atoms with Gasteiger partial charge in [0.05, 0.1) is 13.2 Å². The molecule has 1 aromatic carbocycles. The average molecular weight is 586 g/mol. The van der Waals surface area contributed by atoms with Gasteiger partial charge in [-0.3, -0.25) is 4.79 Å². The third-order valence-corrected chi connectivity index (χ3v) is 7.27. The number of piperidine rings is 1. The third-order valence-electron chi connectivity index (χ3n) is 7.27. The lowest BCUT2D eigenvalue weighted by Crippen LogP contribution is -2.40. The Kier molecular flexibility index (Phi) is 22.6. The molecule has 0 atom stereocenters. The van der Waals surface area contributed by atoms with E-state index in [1.54, 1.807) is 4.90 Å². The van der Waals surface area contributed by atoms with Crippen LogP contribution >= 0.6 is 0 Å². The fourth-order valence-electron chi connectivity index (χ4n) is 4.29. The zero-order chi connectivity index (χ0) is 30.8. The lowest BCUT2D eigenvalue weighted by molar-refractivity contribution is -0.671. The molecule has 238 valence electrons. The first-order valence-electron chi connectivity index (χ1n) is 15.8. The second-order valence-electron chi connectivity index (χ2n) is 11.4. The quantitative estimate of drug-likeness (QED) is 0.479. The second-order valence-corrected chi connectivity index (χ2v) is 11.4. The number of hydrogen-bond acceptors (Lipinski definition) is 6. The zero-order valence-corrected chi connectivity index (χ0v) is 27.6. The summed E-state index contributed by atoms with van der Waals surface area (Å²) in [4.78, 5) is 19.3. The molecule has 0 spiro atoms. The largest absolute Gasteiger partial charge is 0.379 e. The number of aromatic nitrogens is 1. The Balaban J connectivity index is 0.000000252. The Morgan fingerprint density at radius 3 is 1.45 bits per heavy atom. The zero-order valence-electron chi connectivity index (χ0n) is 27.6. The van der Waals surface area contributed by atoms with Gasteiger partial charge in [-0.25, -0.2) is 4.57 Å². The van der Waals surface area contributed by atoms with E-state index in [4.69, 9.17) is 4.74 Å². The molecule has 0 saturated carbocycles. The molecular formula is C34H61N6O2+. The minimum atomic E-state index is 0.292. The van der Waals surface area contributed by atoms with Crippen molar-refractivity contribution in [3.05, 3.63) is 66.5 Å². The fraction of sp³-hybridized carbons (Fsp3) is 0.647. The molecule has 4 aliphatic heterocycles. The van der Waals surface area contributed by atoms with Crippen LogP contribution in [0.15, 0.2) is 60.9 Å². The van der Waals surface area contributed by atoms with Crippen molar-refractivity contribution in [1.82, 2.24) is 24.9 Å². The van der Waals surface area contributed by atoms with Crippen molar-refractivity contribution in [1.29, 1.82) is 0 Å². The maximum Gasteiger partial charge on any atom is 0.222 e. The van der Waals surface area contributed by atoms with Gasteiger partial charge in [-0.1, -0.05) is 48.4 Å². The summed E-state index contributed by atoms with van der Waals surface area (Å²) in [7, 11) is 10.3. The van der Waals surface area contributed by atoms with E-state index in [0.717, 1.165) is 58.8 Å². The first kappa shape index (κ1) is 37.7. The first-order valence-corrected chi connectivity index (χ1v) is 15.8. The number of pyridine rings is 1. The van der Waals surface area contributed by atoms with E-state index in [0.29, 0.717) is 5.91 Å². The molecule has 4 saturated heterocycles. The first-order chi connectivity index (χ1) is 20.3. The number of carbonyl (C=O) groups is 1. The number of nitrogens with zero attached hydrogens (tertiary/aromatic N) is 5. The number of likely N-dealkylation sites (tertiary alicyclic amines) is 2. The number of aryl methyl sites for hydroxylation is 2. The van der Waals surface area contributed by atoms with Crippen molar-refractivity contribution >= 4 is 5.91 Å². The number of rotatable bonds is 0. The Morgan fingerprint density at radius 2 is 1.19 bits per heavy atom. The number of likely N-dealkylation sites (N-methyl/N-ethyl adjacent to an activating group) is 2. The number of piperazine rings is 1. The summed E-state index contributed by atoms with van der Waals surface area (Å²) in [6, 6.07) is 16.3. The molecule has 1 N–H and O–H groups in total. The minimum Gasteiger partial charge on any atom is -0.379 e. The molecule has 42 heavy (non-hydrogen) atoms. The van der Waals surface area contributed by atoms with E-state index in [1.165, 1.54) is 51.0 Å². The summed E-state index contributed by atoms with van der Waals surface area (Å²) in [5.74, 6) is 0.292. The van der Waals surface area contributed by atoms with E-state index in [2.05, 4.69) is 60.2 Å². The molecule has 2 aromatic rings. The summed E-state index contributed by atoms with van der Waals surface area (Å²) >= 11 is 0. The maximum absolute atomic E-state index is 10.5. The Labute approximate surface area is 257 Å². The topological polar surface area (TPSA) is 55.2 Å². The van der Waals surface area contributed by atoms with Gasteiger partial charge in [0.15, 0.2) is 12.4 Å². The highest BCUT2D eigenvalue weighted by molar-refractivity contribution is 5.77. The third kappa shape index (κ3) is 22.3. The van der Waals surface area contributed by atoms with Gasteiger partial charge in [0.1, 0.15) is 7.05 Å². The molecular weight excluding hydrogens is 524 g/mol. The molecule has 5 heterocycles. The number of carbonyl (C=O) groups excluding carboxylic acids is 1. The Hall–Kier alpha value is -2.36. The molecule has 1 amide bonds. The predicted octanol–water partition coefficient (Wildman–Crippen LogP) is 3.32. The van der Waals surface area contributed by atoms with Gasteiger partial charge in [-0.2, -0.15) is 0 Å². The number of ether oxygens (including phenoxy) is 1. The Bertz CT molecular complexity index is 793. The average Bonchev–Trinajstić information content (AvgIpc) is 3.38. The van der Waals surface area contributed by atoms with E-state index in [-0.39, 0.29) is 0 Å². The van der Waals surface area contributed by atoms with Gasteiger partial charge in [0.25, 0.3) is 0 Å². The van der Waals surface area contributed by atoms with Crippen molar-refractivity contribution in [3.8, 4) is 0 Å². The second kappa shape index (κ2) is 25.2. The van der Waals surface area contributed by atoms with Gasteiger partial charge in [-0.15, -0.1) is 0 Å². The van der Waals surface area contributed by atoms with Crippen LogP contribution in [0.5, 0.6) is 0 Å². The van der Waals surface area contributed by atoms with Crippen LogP contribution in [0.4, 0.5) is 0 Å². The van der Waals surface area contributed by atoms with Crippen LogP contribution in [-0.2, 0) is 16.6 Å². The molecule has 4 aliphatic rings. The van der Waals surface area contributed by atoms with E-state index in [9.17, 15) is 4.79 Å². The molecule has 8 nitrogen and oxygen atoms in total. The van der Waals surface area contributed by atoms with Crippen molar-refractivity contribution in [2.75, 3.05) is 100 Å². The van der Waals surface area contributed by atoms with Crippen molar-refractivity contribution in [2.45, 2.75) is 39.0 Å². The maximum atomic E-state index is 10.5. The standard InChI is InChI=1S/C7H8.C6H13N.C6H8N.C5H12N2.C5H11NO.C5H9NO/c3*1-7-5-3-2-4-6-7;1-7-4-2-6-3-5-7;1-6-2-4-7-5-3-6;1-6-4-2-3-5(6)7/h2-6H,1H3;2-6H2,1H3;2-6H,1H3;6H,2-5H2,1H3;2-5H2,1H3;2-4H2,1H3/q;;+1;;;. The van der Waals surface area contributed by atoms with Crippen LogP contribution < -0.4 is 9.88 Å². The van der Waals surface area contributed by atoms with Gasteiger partial charge in [-0.05, 0) is 60.4 Å². The molecule has 8 heteroatoms. The van der Waals surface area contributed by atoms with Crippen LogP contribution in [0, 0.1) is 6.92 Å². The predicted molar refractivity (Wildman–Crippen MR) is 176 cm³/mol. The molecule has 1 aromatic heterocycles. The van der Waals surface area contributed by atoms with Gasteiger partial charge in [0, 0.05) is 71.4 Å². The summed E-state index contributed by atoms with van der Waals surface area (Å²) in [6.07, 6.45) is 10.1. The normalized spacial score (nSPS) is 19.1. The monoisotopic (exact) mass is 585 g/mol. The molecule has 0 unspecified atom stereocenters. The number of hydrogen-bond donors (Lipinski definition) is 1. The van der Waals surface area contributed by atoms with Gasteiger partial charge < -0.3 is 29.7 Å². The van der Waals surface area contributed by atoms with Crippen molar-refractivity contribution in [3.63, 3.8) is 0 Å². The van der Waals surface area contributed by atoms with Gasteiger partial charge >= 0.3 is 0 Å². The molecule has 4 fully saturated rings. The van der Waals surface area contributed by atoms with Crippen LogP contribution in [-0.4, -0.2) is 126 Å². The SMILES string of the molecule is CN1CCCC1=O.CN1CCCCC1.CN1CCNCC1.CN1CCOCC1.C[n+]1ccccc1.Cc1ccccc1. The smallest absolute Gasteiger partial charge is 0.222 e. The van der Waals surface area contributed by atoms with E-state index < -0.39 is 0 Å². The minimum absolute atomic E-state index is 0.292. The molecule has 0 bridgehead atoms. The summed E-state index contributed by atoms with van der Waals surface area (Å²) < 4.78 is 7.10. The summed E-state index contributed by atoms with van der Waals surface area (Å²) in [5.41, 5.74) is 1.32. The summed E-state index contributed by atoms with van der Waals surface area (Å²) in [6.45, 7) is 14.4. The molecule has 6 rings (SSSR count). The lowest BCUT2D eigenvalue weighted by Gasteiger charge is -2.21. The highest BCUT2D eigenvalue weighted by atomic mass is 16.5. The number of nitrogens with one attached hydrogen (secondary N) is 1. The molecule has 0 radical (unpaired) electrons. The Morgan fingerprint density at radius 1 is 0.667 bits per heavy atom. The van der Waals surface area contributed by atoms with Crippen LogP contribution in [0.1, 0.15) is 37.7 Å². The highest BCUT2D eigenvalue weighted by Gasteiger charge is 2.14. The number of amides is 1. The molecule has 0 aliphatic carbocycles. The van der Waals surface area contributed by atoms with Crippen molar-refractivity contribution in [2.24, 2.45) is 7.05 Å². The van der Waals surface area contributed by atoms with E-state index >= 15 is 0 Å². The summed E-state index contributed by atoms with van der Waals surface area (Å²) in [5, 5.41) is 3.27. The fourth-order valence-corrected chi connectivity index (χ4v) is 4.29. The van der Waals surface area contributed by atoms with Crippen LogP contribution in [0.2, 0.25) is 0 Å². The van der Waals surface area contributed by atoms with Crippen LogP contribution in [0.3, 0.4) is 0 Å². The van der Waals surface area contributed by atoms with Crippen LogP contribution in [0.25, 0.3) is 0 Å².